The van der Waals surface area contributed by atoms with Crippen molar-refractivity contribution in [2.75, 3.05) is 50.0 Å². The zero-order chi connectivity index (χ0) is 28.6. The number of pyridine rings is 1. The van der Waals surface area contributed by atoms with Crippen LogP contribution in [0.5, 0.6) is 5.75 Å². The van der Waals surface area contributed by atoms with Crippen LogP contribution in [0.2, 0.25) is 0 Å². The molecule has 226 valence electrons. The molecule has 5 nitrogen and oxygen atoms in total. The van der Waals surface area contributed by atoms with Gasteiger partial charge in [0.1, 0.15) is 5.75 Å². The van der Waals surface area contributed by atoms with Crippen molar-refractivity contribution < 1.29 is 41.8 Å². The average molecular weight is 682 g/mol. The Morgan fingerprint density at radius 2 is 1.71 bits per heavy atom. The van der Waals surface area contributed by atoms with Crippen molar-refractivity contribution in [3.63, 3.8) is 0 Å². The molecule has 2 radical (unpaired) electrons. The number of nitrogens with zero attached hydrogens (tertiary/aromatic N) is 2. The number of rotatable bonds is 10. The Bertz CT molecular complexity index is 1350. The van der Waals surface area contributed by atoms with Crippen LogP contribution in [0.1, 0.15) is 46.5 Å². The number of anilines is 1. The molecule has 9 heteroatoms. The first-order valence-electron chi connectivity index (χ1n) is 14.5. The van der Waals surface area contributed by atoms with Crippen molar-refractivity contribution in [1.29, 1.82) is 0 Å². The molecule has 1 N–H and O–H groups in total. The van der Waals surface area contributed by atoms with Gasteiger partial charge in [0.25, 0.3) is 0 Å². The van der Waals surface area contributed by atoms with E-state index in [4.69, 9.17) is 4.74 Å². The van der Waals surface area contributed by atoms with Crippen molar-refractivity contribution in [2.45, 2.75) is 46.5 Å². The first-order valence-corrected chi connectivity index (χ1v) is 16.4. The monoisotopic (exact) mass is 681 g/mol. The zero-order valence-corrected chi connectivity index (χ0v) is 29.7. The van der Waals surface area contributed by atoms with Crippen molar-refractivity contribution in [3.05, 3.63) is 82.3 Å². The number of unbranched alkanes of at least 4 members (excludes halogenated alkanes) is 2. The number of H-pyrrole nitrogens is 1. The molecule has 0 aliphatic carbocycles. The summed E-state index contributed by atoms with van der Waals surface area (Å²) in [6.45, 7) is 16.2. The Hall–Kier alpha value is -1.57. The molecule has 5 rings (SSSR count). The van der Waals surface area contributed by atoms with E-state index in [-0.39, 0.29) is 42.7 Å². The second-order valence-electron chi connectivity index (χ2n) is 9.69. The molecule has 2 aromatic carbocycles. The summed E-state index contributed by atoms with van der Waals surface area (Å²) in [6.07, 6.45) is 4.79. The van der Waals surface area contributed by atoms with Crippen LogP contribution in [0.3, 0.4) is 0 Å². The van der Waals surface area contributed by atoms with E-state index in [1.54, 1.807) is 17.8 Å². The summed E-state index contributed by atoms with van der Waals surface area (Å²) in [5, 5.41) is 6.43. The van der Waals surface area contributed by atoms with Gasteiger partial charge in [-0.2, -0.15) is 0 Å². The Morgan fingerprint density at radius 3 is 2.38 bits per heavy atom. The van der Waals surface area contributed by atoms with Gasteiger partial charge in [-0.15, -0.1) is 23.1 Å². The van der Waals surface area contributed by atoms with Crippen LogP contribution in [0.15, 0.2) is 76.8 Å². The summed E-state index contributed by atoms with van der Waals surface area (Å²) < 4.78 is 7.28. The number of aromatic nitrogens is 1. The number of hydrogen-bond donors (Lipinski definition) is 1. The SMILES string of the molecule is C=CSCC.CCCC.O=c1ccc2ccc(OCCCCN3CCN(c4cccc5sccc45)CC3)cc2[nH]1.[V].[V]. The van der Waals surface area contributed by atoms with Gasteiger partial charge in [-0.25, -0.2) is 0 Å². The van der Waals surface area contributed by atoms with Gasteiger partial charge in [-0.1, -0.05) is 46.3 Å². The average Bonchev–Trinajstić information content (AvgIpc) is 3.47. The molecule has 3 heterocycles. The largest absolute Gasteiger partial charge is 0.494 e. The van der Waals surface area contributed by atoms with Crippen LogP contribution in [0.25, 0.3) is 21.0 Å². The summed E-state index contributed by atoms with van der Waals surface area (Å²) in [5.41, 5.74) is 2.11. The predicted octanol–water partition coefficient (Wildman–Crippen LogP) is 8.41. The molecular weight excluding hydrogens is 636 g/mol. The van der Waals surface area contributed by atoms with Crippen LogP contribution >= 0.6 is 23.1 Å². The van der Waals surface area contributed by atoms with Crippen LogP contribution in [0, 0.1) is 0 Å². The van der Waals surface area contributed by atoms with E-state index >= 15 is 0 Å². The maximum Gasteiger partial charge on any atom is 0.248 e. The molecule has 2 aromatic heterocycles. The van der Waals surface area contributed by atoms with E-state index in [9.17, 15) is 4.79 Å². The Labute approximate surface area is 284 Å². The quantitative estimate of drug-likeness (QED) is 0.171. The van der Waals surface area contributed by atoms with Crippen LogP contribution in [-0.2, 0) is 37.1 Å². The van der Waals surface area contributed by atoms with Gasteiger partial charge in [0, 0.05) is 91.2 Å². The first-order chi connectivity index (χ1) is 19.6. The Kier molecular flexibility index (Phi) is 20.2. The van der Waals surface area contributed by atoms with E-state index in [2.05, 4.69) is 71.8 Å². The molecule has 0 spiro atoms. The fourth-order valence-electron chi connectivity index (χ4n) is 4.43. The van der Waals surface area contributed by atoms with Crippen LogP contribution in [-0.4, -0.2) is 55.0 Å². The third-order valence-corrected chi connectivity index (χ3v) is 8.26. The third kappa shape index (κ3) is 12.6. The number of nitrogens with one attached hydrogen (secondary N) is 1. The first kappa shape index (κ1) is 38.5. The molecule has 0 unspecified atom stereocenters. The van der Waals surface area contributed by atoms with Gasteiger partial charge in [-0.05, 0) is 77.7 Å². The molecule has 0 saturated carbocycles. The molecule has 1 aliphatic heterocycles. The summed E-state index contributed by atoms with van der Waals surface area (Å²) in [6, 6.07) is 18.1. The number of aromatic amines is 1. The second kappa shape index (κ2) is 22.0. The minimum atomic E-state index is -0.0863. The van der Waals surface area contributed by atoms with Gasteiger partial charge in [0.05, 0.1) is 12.1 Å². The maximum absolute atomic E-state index is 11.5. The van der Waals surface area contributed by atoms with Gasteiger partial charge in [-0.3, -0.25) is 9.69 Å². The van der Waals surface area contributed by atoms with E-state index < -0.39 is 0 Å². The fourth-order valence-corrected chi connectivity index (χ4v) is 5.47. The van der Waals surface area contributed by atoms with E-state index in [1.807, 2.05) is 41.0 Å². The number of fused-ring (bicyclic) bond motifs is 2. The molecule has 1 fully saturated rings. The van der Waals surface area contributed by atoms with Crippen molar-refractivity contribution in [3.8, 4) is 5.75 Å². The fraction of sp³-hybridized carbons (Fsp3) is 0.424. The molecular formula is C33H45N3O2S2V2. The number of benzene rings is 2. The number of ether oxygens (including phenoxy) is 1. The molecule has 0 amide bonds. The minimum absolute atomic E-state index is 0. The van der Waals surface area contributed by atoms with Crippen molar-refractivity contribution in [1.82, 2.24) is 9.88 Å². The molecule has 1 saturated heterocycles. The molecule has 0 atom stereocenters. The maximum atomic E-state index is 11.5. The van der Waals surface area contributed by atoms with Crippen molar-refractivity contribution >= 4 is 49.8 Å². The summed E-state index contributed by atoms with van der Waals surface area (Å²) in [7, 11) is 0. The smallest absolute Gasteiger partial charge is 0.248 e. The standard InChI is InChI=1S/C25H27N3O2S.C4H8S.C4H10.2V/c29-25-9-7-19-6-8-20(18-22(19)26-25)30-16-2-1-11-27-12-14-28(15-13-27)23-4-3-5-24-21(23)10-17-31-24;1-3-5-4-2;1-3-4-2;;/h3-10,17-18H,1-2,11-16H2,(H,26,29);3H,1,4H2,2H3;3-4H2,1-2H3;;. The van der Waals surface area contributed by atoms with Crippen molar-refractivity contribution in [2.24, 2.45) is 0 Å². The minimum Gasteiger partial charge on any atom is -0.494 e. The van der Waals surface area contributed by atoms with Gasteiger partial charge >= 0.3 is 0 Å². The topological polar surface area (TPSA) is 48.6 Å². The number of piperazine rings is 1. The normalized spacial score (nSPS) is 12.7. The summed E-state index contributed by atoms with van der Waals surface area (Å²) in [4.78, 5) is 19.4. The van der Waals surface area contributed by atoms with E-state index in [1.165, 1.54) is 28.6 Å². The Balaban J connectivity index is 0.000000707. The number of thiophene rings is 1. The van der Waals surface area contributed by atoms with Crippen LogP contribution in [0.4, 0.5) is 5.69 Å². The zero-order valence-electron chi connectivity index (χ0n) is 25.3. The Morgan fingerprint density at radius 1 is 0.976 bits per heavy atom. The molecule has 0 bridgehead atoms. The second-order valence-corrected chi connectivity index (χ2v) is 11.9. The summed E-state index contributed by atoms with van der Waals surface area (Å²) in [5.74, 6) is 1.95. The summed E-state index contributed by atoms with van der Waals surface area (Å²) >= 11 is 3.54. The predicted molar refractivity (Wildman–Crippen MR) is 179 cm³/mol. The number of hydrogen-bond acceptors (Lipinski definition) is 6. The van der Waals surface area contributed by atoms with E-state index in [0.717, 1.165) is 68.0 Å². The van der Waals surface area contributed by atoms with Gasteiger partial charge < -0.3 is 14.6 Å². The van der Waals surface area contributed by atoms with Crippen LogP contribution < -0.4 is 15.2 Å². The number of thioether (sulfide) groups is 1. The molecule has 42 heavy (non-hydrogen) atoms. The van der Waals surface area contributed by atoms with Gasteiger partial charge in [0.15, 0.2) is 0 Å². The van der Waals surface area contributed by atoms with Gasteiger partial charge in [0.2, 0.25) is 5.56 Å². The molecule has 4 aromatic rings. The third-order valence-electron chi connectivity index (χ3n) is 6.80. The molecule has 1 aliphatic rings. The van der Waals surface area contributed by atoms with E-state index in [0.29, 0.717) is 6.61 Å².